The third-order valence-corrected chi connectivity index (χ3v) is 3.11. The van der Waals surface area contributed by atoms with Gasteiger partial charge in [-0.15, -0.1) is 0 Å². The van der Waals surface area contributed by atoms with Gasteiger partial charge in [-0.1, -0.05) is 0 Å². The third kappa shape index (κ3) is 5.48. The van der Waals surface area contributed by atoms with Crippen molar-refractivity contribution in [2.45, 2.75) is 38.8 Å². The highest BCUT2D eigenvalue weighted by Gasteiger charge is 2.25. The van der Waals surface area contributed by atoms with Crippen LogP contribution in [-0.2, 0) is 4.79 Å². The maximum Gasteiger partial charge on any atom is 0.304 e. The number of hydrogen-bond donors (Lipinski definition) is 2. The topological polar surface area (TPSA) is 64.0 Å². The molecular formula is C12H24N2O3. The molecule has 1 aliphatic heterocycles. The molecule has 1 unspecified atom stereocenters. The van der Waals surface area contributed by atoms with Gasteiger partial charge in [0.1, 0.15) is 0 Å². The summed E-state index contributed by atoms with van der Waals surface area (Å²) in [6, 6.07) is 0.0942. The Morgan fingerprint density at radius 2 is 1.82 bits per heavy atom. The van der Waals surface area contributed by atoms with Gasteiger partial charge in [0.05, 0.1) is 12.0 Å². The van der Waals surface area contributed by atoms with Crippen LogP contribution in [0.5, 0.6) is 0 Å². The number of carboxylic acids is 1. The highest BCUT2D eigenvalue weighted by molar-refractivity contribution is 5.67. The first-order valence-corrected chi connectivity index (χ1v) is 6.18. The van der Waals surface area contributed by atoms with Crippen LogP contribution >= 0.6 is 0 Å². The van der Waals surface area contributed by atoms with E-state index in [1.165, 1.54) is 0 Å². The number of nitrogens with zero attached hydrogens (tertiary/aromatic N) is 2. The van der Waals surface area contributed by atoms with Crippen molar-refractivity contribution < 1.29 is 15.0 Å². The van der Waals surface area contributed by atoms with Gasteiger partial charge in [0.25, 0.3) is 0 Å². The summed E-state index contributed by atoms with van der Waals surface area (Å²) in [5.74, 6) is -0.739. The monoisotopic (exact) mass is 244 g/mol. The van der Waals surface area contributed by atoms with Crippen molar-refractivity contribution in [2.24, 2.45) is 0 Å². The van der Waals surface area contributed by atoms with Crippen LogP contribution in [0.1, 0.15) is 27.2 Å². The number of carbonyl (C=O) groups is 1. The van der Waals surface area contributed by atoms with E-state index in [0.29, 0.717) is 6.54 Å². The Morgan fingerprint density at radius 1 is 1.29 bits per heavy atom. The molecular weight excluding hydrogens is 220 g/mol. The molecule has 0 aromatic heterocycles. The Labute approximate surface area is 103 Å². The summed E-state index contributed by atoms with van der Waals surface area (Å²) in [6.07, 6.45) is 0.200. The van der Waals surface area contributed by atoms with Crippen LogP contribution in [0, 0.1) is 0 Å². The number of hydrogen-bond acceptors (Lipinski definition) is 4. The molecule has 0 aliphatic carbocycles. The fourth-order valence-corrected chi connectivity index (χ4v) is 2.29. The first-order chi connectivity index (χ1) is 7.78. The lowest BCUT2D eigenvalue weighted by molar-refractivity contribution is -0.138. The van der Waals surface area contributed by atoms with Crippen molar-refractivity contribution >= 4 is 5.97 Å². The van der Waals surface area contributed by atoms with Gasteiger partial charge in [-0.3, -0.25) is 14.6 Å². The fourth-order valence-electron chi connectivity index (χ4n) is 2.29. The summed E-state index contributed by atoms with van der Waals surface area (Å²) in [7, 11) is 0. The number of carboxylic acid groups (broad SMARTS) is 1. The molecule has 1 heterocycles. The number of aliphatic carboxylic acids is 1. The highest BCUT2D eigenvalue weighted by atomic mass is 16.4. The molecule has 17 heavy (non-hydrogen) atoms. The van der Waals surface area contributed by atoms with E-state index in [4.69, 9.17) is 5.11 Å². The molecule has 0 aromatic rings. The molecule has 0 bridgehead atoms. The van der Waals surface area contributed by atoms with E-state index in [1.807, 2.05) is 20.8 Å². The molecule has 2 N–H and O–H groups in total. The van der Waals surface area contributed by atoms with E-state index in [2.05, 4.69) is 9.80 Å². The van der Waals surface area contributed by atoms with Crippen LogP contribution in [0.25, 0.3) is 0 Å². The summed E-state index contributed by atoms with van der Waals surface area (Å²) >= 11 is 0. The van der Waals surface area contributed by atoms with Crippen LogP contribution in [0.4, 0.5) is 0 Å². The van der Waals surface area contributed by atoms with Gasteiger partial charge >= 0.3 is 5.97 Å². The molecule has 1 saturated heterocycles. The van der Waals surface area contributed by atoms with Gasteiger partial charge in [-0.2, -0.15) is 0 Å². The first-order valence-electron chi connectivity index (χ1n) is 6.18. The van der Waals surface area contributed by atoms with Gasteiger partial charge < -0.3 is 10.2 Å². The molecule has 100 valence electrons. The van der Waals surface area contributed by atoms with Crippen LogP contribution in [0.15, 0.2) is 0 Å². The molecule has 0 saturated carbocycles. The number of aliphatic hydroxyl groups is 1. The maximum atomic E-state index is 10.6. The molecule has 1 aliphatic rings. The Kier molecular flexibility index (Phi) is 4.91. The zero-order valence-corrected chi connectivity index (χ0v) is 11.0. The van der Waals surface area contributed by atoms with E-state index < -0.39 is 11.6 Å². The molecule has 0 spiro atoms. The Hall–Kier alpha value is -0.650. The Balaban J connectivity index is 2.33. The van der Waals surface area contributed by atoms with E-state index >= 15 is 0 Å². The second kappa shape index (κ2) is 5.80. The highest BCUT2D eigenvalue weighted by Crippen LogP contribution is 2.12. The van der Waals surface area contributed by atoms with E-state index in [1.54, 1.807) is 0 Å². The molecule has 1 fully saturated rings. The molecule has 5 nitrogen and oxygen atoms in total. The zero-order chi connectivity index (χ0) is 13.1. The molecule has 0 aromatic carbocycles. The lowest BCUT2D eigenvalue weighted by atomic mass is 10.1. The molecule has 0 amide bonds. The Bertz CT molecular complexity index is 255. The molecule has 5 heteroatoms. The smallest absolute Gasteiger partial charge is 0.304 e. The summed E-state index contributed by atoms with van der Waals surface area (Å²) < 4.78 is 0. The molecule has 0 radical (unpaired) electrons. The van der Waals surface area contributed by atoms with Crippen LogP contribution in [0.3, 0.4) is 0 Å². The molecule has 1 rings (SSSR count). The zero-order valence-electron chi connectivity index (χ0n) is 11.0. The van der Waals surface area contributed by atoms with Crippen molar-refractivity contribution in [2.75, 3.05) is 32.7 Å². The standard InChI is InChI=1S/C12H24N2O3/c1-10(8-11(15)16)14-6-4-13(5-7-14)9-12(2,3)17/h10,17H,4-9H2,1-3H3,(H,15,16). The minimum Gasteiger partial charge on any atom is -0.481 e. The molecule has 1 atom stereocenters. The van der Waals surface area contributed by atoms with Gasteiger partial charge in [-0.25, -0.2) is 0 Å². The average Bonchev–Trinajstić information content (AvgIpc) is 2.15. The second-order valence-electron chi connectivity index (χ2n) is 5.57. The lowest BCUT2D eigenvalue weighted by Gasteiger charge is -2.39. The summed E-state index contributed by atoms with van der Waals surface area (Å²) in [5, 5.41) is 18.5. The van der Waals surface area contributed by atoms with Gasteiger partial charge in [-0.05, 0) is 20.8 Å². The summed E-state index contributed by atoms with van der Waals surface area (Å²) in [6.45, 7) is 9.81. The van der Waals surface area contributed by atoms with Gasteiger partial charge in [0, 0.05) is 38.8 Å². The largest absolute Gasteiger partial charge is 0.481 e. The van der Waals surface area contributed by atoms with Gasteiger partial charge in [0.15, 0.2) is 0 Å². The lowest BCUT2D eigenvalue weighted by Crippen LogP contribution is -2.52. The minimum absolute atomic E-state index is 0.0942. The van der Waals surface area contributed by atoms with Gasteiger partial charge in [0.2, 0.25) is 0 Å². The van der Waals surface area contributed by atoms with Crippen LogP contribution < -0.4 is 0 Å². The van der Waals surface area contributed by atoms with Crippen molar-refractivity contribution in [3.8, 4) is 0 Å². The third-order valence-electron chi connectivity index (χ3n) is 3.11. The van der Waals surface area contributed by atoms with Crippen molar-refractivity contribution in [1.82, 2.24) is 9.80 Å². The van der Waals surface area contributed by atoms with Crippen molar-refractivity contribution in [1.29, 1.82) is 0 Å². The SMILES string of the molecule is CC(CC(=O)O)N1CCN(CC(C)(C)O)CC1. The predicted molar refractivity (Wildman–Crippen MR) is 66.0 cm³/mol. The van der Waals surface area contributed by atoms with Crippen LogP contribution in [0.2, 0.25) is 0 Å². The quantitative estimate of drug-likeness (QED) is 0.725. The van der Waals surface area contributed by atoms with Crippen molar-refractivity contribution in [3.63, 3.8) is 0 Å². The Morgan fingerprint density at radius 3 is 2.24 bits per heavy atom. The van der Waals surface area contributed by atoms with E-state index in [9.17, 15) is 9.90 Å². The number of β-amino-alcohol motifs (C(OH)–C–C–N with tert-alkyl or cyclic N) is 1. The number of piperazine rings is 1. The minimum atomic E-state index is -0.739. The first kappa shape index (κ1) is 14.4. The van der Waals surface area contributed by atoms with E-state index in [0.717, 1.165) is 26.2 Å². The predicted octanol–water partition coefficient (Wildman–Crippen LogP) is 0.238. The van der Waals surface area contributed by atoms with E-state index in [-0.39, 0.29) is 12.5 Å². The average molecular weight is 244 g/mol. The summed E-state index contributed by atoms with van der Waals surface area (Å²) in [4.78, 5) is 15.1. The van der Waals surface area contributed by atoms with Crippen molar-refractivity contribution in [3.05, 3.63) is 0 Å². The second-order valence-corrected chi connectivity index (χ2v) is 5.57. The number of rotatable bonds is 5. The van der Waals surface area contributed by atoms with Crippen LogP contribution in [-0.4, -0.2) is 70.3 Å². The maximum absolute atomic E-state index is 10.6. The summed E-state index contributed by atoms with van der Waals surface area (Å²) in [5.41, 5.74) is -0.658. The fraction of sp³-hybridized carbons (Fsp3) is 0.917. The normalized spacial score (nSPS) is 21.4.